The number of ether oxygens (including phenoxy) is 4. The van der Waals surface area contributed by atoms with Crippen LogP contribution < -0.4 is 14.2 Å². The molecule has 26 heavy (non-hydrogen) atoms. The van der Waals surface area contributed by atoms with Gasteiger partial charge in [-0.3, -0.25) is 9.59 Å². The predicted molar refractivity (Wildman–Crippen MR) is 92.5 cm³/mol. The monoisotopic (exact) mass is 358 g/mol. The molecule has 0 aromatic heterocycles. The quantitative estimate of drug-likeness (QED) is 0.757. The highest BCUT2D eigenvalue weighted by Gasteiger charge is 2.42. The average molecular weight is 358 g/mol. The number of esters is 1. The van der Waals surface area contributed by atoms with E-state index in [0.717, 1.165) is 5.56 Å². The molecule has 0 spiro atoms. The minimum Gasteiger partial charge on any atom is -0.493 e. The van der Waals surface area contributed by atoms with Gasteiger partial charge in [0.1, 0.15) is 19.0 Å². The number of carbonyl (C=O) groups excluding carboxylic acids is 2. The number of ketones is 1. The smallest absolute Gasteiger partial charge is 0.311 e. The van der Waals surface area contributed by atoms with Crippen LogP contribution in [0, 0.1) is 5.41 Å². The Labute approximate surface area is 152 Å². The van der Waals surface area contributed by atoms with Gasteiger partial charge in [0.2, 0.25) is 5.75 Å². The summed E-state index contributed by atoms with van der Waals surface area (Å²) in [4.78, 5) is 25.0. The van der Waals surface area contributed by atoms with Crippen molar-refractivity contribution in [3.63, 3.8) is 0 Å². The van der Waals surface area contributed by atoms with Gasteiger partial charge in [-0.2, -0.15) is 0 Å². The van der Waals surface area contributed by atoms with Crippen LogP contribution in [0.5, 0.6) is 17.2 Å². The van der Waals surface area contributed by atoms with Crippen LogP contribution in [0.25, 0.3) is 0 Å². The molecule has 0 unspecified atom stereocenters. The van der Waals surface area contributed by atoms with Crippen LogP contribution in [0.4, 0.5) is 0 Å². The normalized spacial score (nSPS) is 24.0. The van der Waals surface area contributed by atoms with E-state index in [4.69, 9.17) is 18.9 Å². The van der Waals surface area contributed by atoms with Crippen LogP contribution in [-0.4, -0.2) is 32.1 Å². The lowest BCUT2D eigenvalue weighted by Gasteiger charge is -2.37. The van der Waals surface area contributed by atoms with Crippen molar-refractivity contribution in [2.45, 2.75) is 39.0 Å². The SMILES string of the molecule is COc1cc([C@@H]2CC(=O)OC3=C2C(=O)CC(C)(C)C3)cc2c1OCCO2. The van der Waals surface area contributed by atoms with Crippen molar-refractivity contribution >= 4 is 11.8 Å². The molecule has 2 heterocycles. The third-order valence-electron chi connectivity index (χ3n) is 5.09. The van der Waals surface area contributed by atoms with E-state index in [1.165, 1.54) is 0 Å². The van der Waals surface area contributed by atoms with E-state index >= 15 is 0 Å². The number of rotatable bonds is 2. The number of fused-ring (bicyclic) bond motifs is 1. The van der Waals surface area contributed by atoms with Gasteiger partial charge in [-0.05, 0) is 23.1 Å². The Bertz CT molecular complexity index is 803. The Balaban J connectivity index is 1.82. The second-order valence-electron chi connectivity index (χ2n) is 7.76. The number of Topliss-reactive ketones (excluding diaryl/α,β-unsaturated/α-hetero) is 1. The second kappa shape index (κ2) is 6.04. The highest BCUT2D eigenvalue weighted by Crippen LogP contribution is 2.49. The summed E-state index contributed by atoms with van der Waals surface area (Å²) in [5, 5.41) is 0. The summed E-state index contributed by atoms with van der Waals surface area (Å²) in [7, 11) is 1.56. The fraction of sp³-hybridized carbons (Fsp3) is 0.500. The first-order valence-electron chi connectivity index (χ1n) is 8.82. The van der Waals surface area contributed by atoms with Crippen molar-refractivity contribution in [2.24, 2.45) is 5.41 Å². The predicted octanol–water partition coefficient (Wildman–Crippen LogP) is 3.14. The number of benzene rings is 1. The van der Waals surface area contributed by atoms with Crippen molar-refractivity contribution in [3.8, 4) is 17.2 Å². The molecular weight excluding hydrogens is 336 g/mol. The summed E-state index contributed by atoms with van der Waals surface area (Å²) < 4.78 is 22.2. The Morgan fingerprint density at radius 3 is 2.65 bits per heavy atom. The number of methoxy groups -OCH3 is 1. The number of hydrogen-bond donors (Lipinski definition) is 0. The fourth-order valence-electron chi connectivity index (χ4n) is 3.98. The molecule has 6 heteroatoms. The van der Waals surface area contributed by atoms with Crippen molar-refractivity contribution in [2.75, 3.05) is 20.3 Å². The fourth-order valence-corrected chi connectivity index (χ4v) is 3.98. The highest BCUT2D eigenvalue weighted by molar-refractivity contribution is 6.00. The Hall–Kier alpha value is -2.50. The first-order chi connectivity index (χ1) is 12.4. The minimum atomic E-state index is -0.348. The summed E-state index contributed by atoms with van der Waals surface area (Å²) in [5.74, 6) is 1.58. The maximum atomic E-state index is 12.8. The van der Waals surface area contributed by atoms with Gasteiger partial charge in [0, 0.05) is 24.3 Å². The number of hydrogen-bond acceptors (Lipinski definition) is 6. The third-order valence-corrected chi connectivity index (χ3v) is 5.09. The highest BCUT2D eigenvalue weighted by atomic mass is 16.6. The average Bonchev–Trinajstić information content (AvgIpc) is 2.58. The van der Waals surface area contributed by atoms with Gasteiger partial charge in [-0.25, -0.2) is 0 Å². The van der Waals surface area contributed by atoms with E-state index in [1.54, 1.807) is 7.11 Å². The lowest BCUT2D eigenvalue weighted by Crippen LogP contribution is -2.34. The van der Waals surface area contributed by atoms with Gasteiger partial charge in [0.25, 0.3) is 0 Å². The van der Waals surface area contributed by atoms with Gasteiger partial charge in [0.15, 0.2) is 17.3 Å². The Morgan fingerprint density at radius 2 is 1.88 bits per heavy atom. The third kappa shape index (κ3) is 2.83. The summed E-state index contributed by atoms with van der Waals surface area (Å²) >= 11 is 0. The van der Waals surface area contributed by atoms with Crippen LogP contribution in [0.15, 0.2) is 23.5 Å². The lowest BCUT2D eigenvalue weighted by atomic mass is 9.71. The van der Waals surface area contributed by atoms with E-state index in [1.807, 2.05) is 26.0 Å². The molecule has 0 N–H and O–H groups in total. The molecule has 1 aromatic rings. The van der Waals surface area contributed by atoms with Gasteiger partial charge < -0.3 is 18.9 Å². The molecular formula is C20H22O6. The zero-order valence-corrected chi connectivity index (χ0v) is 15.2. The largest absolute Gasteiger partial charge is 0.493 e. The Kier molecular flexibility index (Phi) is 3.93. The van der Waals surface area contributed by atoms with E-state index in [0.29, 0.717) is 54.6 Å². The van der Waals surface area contributed by atoms with Crippen LogP contribution in [0.1, 0.15) is 44.6 Å². The zero-order chi connectivity index (χ0) is 18.5. The van der Waals surface area contributed by atoms with E-state index in [9.17, 15) is 9.59 Å². The van der Waals surface area contributed by atoms with Gasteiger partial charge in [-0.1, -0.05) is 13.8 Å². The zero-order valence-electron chi connectivity index (χ0n) is 15.2. The molecule has 0 saturated carbocycles. The molecule has 3 aliphatic rings. The number of carbonyl (C=O) groups is 2. The van der Waals surface area contributed by atoms with Gasteiger partial charge >= 0.3 is 5.97 Å². The molecule has 0 saturated heterocycles. The minimum absolute atomic E-state index is 0.0441. The summed E-state index contributed by atoms with van der Waals surface area (Å²) in [6.07, 6.45) is 1.16. The second-order valence-corrected chi connectivity index (χ2v) is 7.76. The lowest BCUT2D eigenvalue weighted by molar-refractivity contribution is -0.142. The first-order valence-corrected chi connectivity index (χ1v) is 8.82. The molecule has 1 atom stereocenters. The number of allylic oxidation sites excluding steroid dienone is 2. The molecule has 138 valence electrons. The summed E-state index contributed by atoms with van der Waals surface area (Å²) in [5.41, 5.74) is 1.22. The van der Waals surface area contributed by atoms with E-state index in [2.05, 4.69) is 0 Å². The maximum Gasteiger partial charge on any atom is 0.311 e. The molecule has 6 nitrogen and oxygen atoms in total. The molecule has 0 fully saturated rings. The van der Waals surface area contributed by atoms with E-state index < -0.39 is 0 Å². The first kappa shape index (κ1) is 16.9. The molecule has 1 aromatic carbocycles. The van der Waals surface area contributed by atoms with Crippen molar-refractivity contribution in [1.29, 1.82) is 0 Å². The van der Waals surface area contributed by atoms with Gasteiger partial charge in [0.05, 0.1) is 13.5 Å². The molecule has 4 rings (SSSR count). The van der Waals surface area contributed by atoms with Crippen LogP contribution in [0.3, 0.4) is 0 Å². The maximum absolute atomic E-state index is 12.8. The van der Waals surface area contributed by atoms with Crippen molar-refractivity contribution < 1.29 is 28.5 Å². The van der Waals surface area contributed by atoms with Crippen molar-refractivity contribution in [3.05, 3.63) is 29.0 Å². The van der Waals surface area contributed by atoms with Crippen LogP contribution in [-0.2, 0) is 14.3 Å². The summed E-state index contributed by atoms with van der Waals surface area (Å²) in [6, 6.07) is 3.67. The molecule has 2 aliphatic heterocycles. The van der Waals surface area contributed by atoms with Crippen LogP contribution in [0.2, 0.25) is 0 Å². The van der Waals surface area contributed by atoms with Gasteiger partial charge in [-0.15, -0.1) is 0 Å². The molecule has 0 radical (unpaired) electrons. The molecule has 0 bridgehead atoms. The standard InChI is InChI=1S/C20H22O6/c1-20(2)9-13(21)18-12(8-17(22)26-16(18)10-20)11-6-14(23-3)19-15(7-11)24-4-5-25-19/h6-7,12H,4-5,8-10H2,1-3H3/t12-/m0/s1. The van der Waals surface area contributed by atoms with E-state index in [-0.39, 0.29) is 29.5 Å². The topological polar surface area (TPSA) is 71.1 Å². The van der Waals surface area contributed by atoms with Crippen LogP contribution >= 0.6 is 0 Å². The van der Waals surface area contributed by atoms with Crippen molar-refractivity contribution in [1.82, 2.24) is 0 Å². The Morgan fingerprint density at radius 1 is 1.12 bits per heavy atom. The molecule has 1 aliphatic carbocycles. The summed E-state index contributed by atoms with van der Waals surface area (Å²) in [6.45, 7) is 4.94. The molecule has 0 amide bonds.